The molecule has 1 aromatic carbocycles. The molecule has 1 aromatic rings. The number of carbonyl (C=O) groups excluding carboxylic acids is 1. The third kappa shape index (κ3) is 3.27. The summed E-state index contributed by atoms with van der Waals surface area (Å²) < 4.78 is 5.54. The number of ether oxygens (including phenoxy) is 1. The lowest BCUT2D eigenvalue weighted by Gasteiger charge is -2.27. The highest BCUT2D eigenvalue weighted by Gasteiger charge is 2.25. The fraction of sp³-hybridized carbons (Fsp3) is 0.429. The Labute approximate surface area is 117 Å². The maximum absolute atomic E-state index is 12.1. The lowest BCUT2D eigenvalue weighted by atomic mass is 9.98. The number of hydrogen-bond acceptors (Lipinski definition) is 4. The SMILES string of the molecule is NCCCOc1ccc2c(c1)CCN(CC(=O)O)C2=O. The molecule has 0 aromatic heterocycles. The Morgan fingerprint density at radius 3 is 2.95 bits per heavy atom. The molecule has 1 heterocycles. The second-order valence-corrected chi connectivity index (χ2v) is 4.68. The molecule has 0 spiro atoms. The van der Waals surface area contributed by atoms with Crippen LogP contribution in [-0.4, -0.2) is 48.1 Å². The van der Waals surface area contributed by atoms with Gasteiger partial charge >= 0.3 is 5.97 Å². The summed E-state index contributed by atoms with van der Waals surface area (Å²) in [5, 5.41) is 8.77. The molecule has 3 N–H and O–H groups in total. The minimum atomic E-state index is -0.997. The summed E-state index contributed by atoms with van der Waals surface area (Å²) in [7, 11) is 0. The Morgan fingerprint density at radius 2 is 2.25 bits per heavy atom. The van der Waals surface area contributed by atoms with Crippen LogP contribution in [0.2, 0.25) is 0 Å². The number of amides is 1. The molecular formula is C14H18N2O4. The van der Waals surface area contributed by atoms with Gasteiger partial charge in [-0.05, 0) is 43.1 Å². The number of nitrogens with zero attached hydrogens (tertiary/aromatic N) is 1. The van der Waals surface area contributed by atoms with E-state index < -0.39 is 5.97 Å². The molecule has 0 radical (unpaired) electrons. The van der Waals surface area contributed by atoms with Crippen molar-refractivity contribution in [3.05, 3.63) is 29.3 Å². The quantitative estimate of drug-likeness (QED) is 0.739. The van der Waals surface area contributed by atoms with Gasteiger partial charge in [0.05, 0.1) is 6.61 Å². The fourth-order valence-corrected chi connectivity index (χ4v) is 2.19. The number of carboxylic acids is 1. The topological polar surface area (TPSA) is 92.9 Å². The molecule has 6 heteroatoms. The normalized spacial score (nSPS) is 14.1. The monoisotopic (exact) mass is 278 g/mol. The van der Waals surface area contributed by atoms with Gasteiger partial charge in [0, 0.05) is 12.1 Å². The van der Waals surface area contributed by atoms with E-state index in [0.29, 0.717) is 31.7 Å². The number of rotatable bonds is 6. The number of carboxylic acid groups (broad SMARTS) is 1. The van der Waals surface area contributed by atoms with Crippen molar-refractivity contribution in [1.29, 1.82) is 0 Å². The lowest BCUT2D eigenvalue weighted by Crippen LogP contribution is -2.40. The number of aliphatic carboxylic acids is 1. The summed E-state index contributed by atoms with van der Waals surface area (Å²) >= 11 is 0. The van der Waals surface area contributed by atoms with Crippen LogP contribution in [0.5, 0.6) is 5.75 Å². The third-order valence-corrected chi connectivity index (χ3v) is 3.19. The number of fused-ring (bicyclic) bond motifs is 1. The van der Waals surface area contributed by atoms with Crippen LogP contribution in [0.1, 0.15) is 22.3 Å². The zero-order valence-corrected chi connectivity index (χ0v) is 11.2. The van der Waals surface area contributed by atoms with Gasteiger partial charge in [0.1, 0.15) is 12.3 Å². The summed E-state index contributed by atoms with van der Waals surface area (Å²) in [6.07, 6.45) is 1.42. The first-order valence-electron chi connectivity index (χ1n) is 6.58. The third-order valence-electron chi connectivity index (χ3n) is 3.19. The number of nitrogens with two attached hydrogens (primary N) is 1. The van der Waals surface area contributed by atoms with Crippen LogP contribution in [0, 0.1) is 0 Å². The summed E-state index contributed by atoms with van der Waals surface area (Å²) in [5.41, 5.74) is 6.86. The second-order valence-electron chi connectivity index (χ2n) is 4.68. The van der Waals surface area contributed by atoms with Crippen LogP contribution in [0.25, 0.3) is 0 Å². The van der Waals surface area contributed by atoms with Crippen molar-refractivity contribution < 1.29 is 19.4 Å². The molecule has 0 unspecified atom stereocenters. The standard InChI is InChI=1S/C14H18N2O4/c15-5-1-7-20-11-2-3-12-10(8-11)4-6-16(14(12)19)9-13(17)18/h2-3,8H,1,4-7,9,15H2,(H,17,18). The summed E-state index contributed by atoms with van der Waals surface area (Å²) in [5.74, 6) is -0.512. The van der Waals surface area contributed by atoms with E-state index in [4.69, 9.17) is 15.6 Å². The number of hydrogen-bond donors (Lipinski definition) is 2. The molecule has 6 nitrogen and oxygen atoms in total. The Hall–Kier alpha value is -2.08. The largest absolute Gasteiger partial charge is 0.494 e. The van der Waals surface area contributed by atoms with Gasteiger partial charge < -0.3 is 20.5 Å². The molecule has 1 aliphatic heterocycles. The number of benzene rings is 1. The minimum absolute atomic E-state index is 0.234. The van der Waals surface area contributed by atoms with Crippen molar-refractivity contribution in [2.45, 2.75) is 12.8 Å². The lowest BCUT2D eigenvalue weighted by molar-refractivity contribution is -0.137. The van der Waals surface area contributed by atoms with Crippen molar-refractivity contribution in [3.8, 4) is 5.75 Å². The zero-order valence-electron chi connectivity index (χ0n) is 11.2. The highest BCUT2D eigenvalue weighted by atomic mass is 16.5. The average Bonchev–Trinajstić information content (AvgIpc) is 2.42. The van der Waals surface area contributed by atoms with Crippen LogP contribution in [-0.2, 0) is 11.2 Å². The number of carbonyl (C=O) groups is 2. The minimum Gasteiger partial charge on any atom is -0.494 e. The molecule has 1 amide bonds. The van der Waals surface area contributed by atoms with Crippen LogP contribution in [0.15, 0.2) is 18.2 Å². The predicted octanol–water partition coefficient (Wildman–Crippen LogP) is 0.497. The van der Waals surface area contributed by atoms with E-state index >= 15 is 0 Å². The Morgan fingerprint density at radius 1 is 1.45 bits per heavy atom. The molecule has 0 fully saturated rings. The van der Waals surface area contributed by atoms with E-state index in [0.717, 1.165) is 17.7 Å². The van der Waals surface area contributed by atoms with Crippen molar-refractivity contribution in [2.75, 3.05) is 26.2 Å². The van der Waals surface area contributed by atoms with E-state index in [1.54, 1.807) is 12.1 Å². The van der Waals surface area contributed by atoms with Crippen molar-refractivity contribution >= 4 is 11.9 Å². The predicted molar refractivity (Wildman–Crippen MR) is 72.9 cm³/mol. The molecule has 108 valence electrons. The molecule has 0 saturated heterocycles. The van der Waals surface area contributed by atoms with Crippen LogP contribution in [0.4, 0.5) is 0 Å². The van der Waals surface area contributed by atoms with Gasteiger partial charge in [-0.2, -0.15) is 0 Å². The highest BCUT2D eigenvalue weighted by molar-refractivity contribution is 5.98. The average molecular weight is 278 g/mol. The molecule has 2 rings (SSSR count). The van der Waals surface area contributed by atoms with Gasteiger partial charge in [-0.25, -0.2) is 0 Å². The van der Waals surface area contributed by atoms with Gasteiger partial charge in [0.25, 0.3) is 5.91 Å². The maximum atomic E-state index is 12.1. The van der Waals surface area contributed by atoms with Crippen LogP contribution < -0.4 is 10.5 Å². The van der Waals surface area contributed by atoms with Crippen molar-refractivity contribution in [2.24, 2.45) is 5.73 Å². The van der Waals surface area contributed by atoms with Gasteiger partial charge in [-0.3, -0.25) is 9.59 Å². The fourth-order valence-electron chi connectivity index (χ4n) is 2.19. The second kappa shape index (κ2) is 6.38. The van der Waals surface area contributed by atoms with E-state index in [2.05, 4.69) is 0 Å². The molecule has 0 bridgehead atoms. The summed E-state index contributed by atoms with van der Waals surface area (Å²) in [6, 6.07) is 5.28. The molecular weight excluding hydrogens is 260 g/mol. The Balaban J connectivity index is 2.09. The van der Waals surface area contributed by atoms with E-state index in [-0.39, 0.29) is 12.5 Å². The first kappa shape index (κ1) is 14.3. The molecule has 20 heavy (non-hydrogen) atoms. The highest BCUT2D eigenvalue weighted by Crippen LogP contribution is 2.23. The van der Waals surface area contributed by atoms with Crippen LogP contribution >= 0.6 is 0 Å². The first-order chi connectivity index (χ1) is 9.61. The molecule has 0 aliphatic carbocycles. The summed E-state index contributed by atoms with van der Waals surface area (Å²) in [4.78, 5) is 24.2. The first-order valence-corrected chi connectivity index (χ1v) is 6.58. The molecule has 1 aliphatic rings. The van der Waals surface area contributed by atoms with Gasteiger partial charge in [0.2, 0.25) is 0 Å². The molecule has 0 saturated carbocycles. The van der Waals surface area contributed by atoms with Crippen molar-refractivity contribution in [3.63, 3.8) is 0 Å². The van der Waals surface area contributed by atoms with Gasteiger partial charge in [-0.15, -0.1) is 0 Å². The van der Waals surface area contributed by atoms with E-state index in [9.17, 15) is 9.59 Å². The smallest absolute Gasteiger partial charge is 0.323 e. The van der Waals surface area contributed by atoms with Crippen LogP contribution in [0.3, 0.4) is 0 Å². The Bertz CT molecular complexity index is 516. The van der Waals surface area contributed by atoms with Gasteiger partial charge in [0.15, 0.2) is 0 Å². The van der Waals surface area contributed by atoms with E-state index in [1.807, 2.05) is 6.07 Å². The molecule has 0 atom stereocenters. The van der Waals surface area contributed by atoms with E-state index in [1.165, 1.54) is 4.90 Å². The van der Waals surface area contributed by atoms with Gasteiger partial charge in [-0.1, -0.05) is 0 Å². The van der Waals surface area contributed by atoms with Crippen molar-refractivity contribution in [1.82, 2.24) is 4.90 Å². The maximum Gasteiger partial charge on any atom is 0.323 e. The Kier molecular flexibility index (Phi) is 4.57. The zero-order chi connectivity index (χ0) is 14.5. The summed E-state index contributed by atoms with van der Waals surface area (Å²) in [6.45, 7) is 1.29.